The van der Waals surface area contributed by atoms with Gasteiger partial charge in [-0.25, -0.2) is 13.2 Å². The summed E-state index contributed by atoms with van der Waals surface area (Å²) in [6, 6.07) is 3.55. The summed E-state index contributed by atoms with van der Waals surface area (Å²) in [7, 11) is -5.63. The van der Waals surface area contributed by atoms with Crippen molar-refractivity contribution in [3.63, 3.8) is 0 Å². The van der Waals surface area contributed by atoms with E-state index >= 15 is 0 Å². The third-order valence-corrected chi connectivity index (χ3v) is 3.26. The number of carbonyl (C=O) groups is 1. The average Bonchev–Trinajstić information content (AvgIpc) is 2.16. The number of aromatic carboxylic acids is 1. The number of sulfone groups is 1. The molecule has 0 radical (unpaired) electrons. The van der Waals surface area contributed by atoms with E-state index in [0.29, 0.717) is 6.07 Å². The smallest absolute Gasteiger partial charge is 0.478 e. The van der Waals surface area contributed by atoms with Crippen LogP contribution in [0.25, 0.3) is 0 Å². The van der Waals surface area contributed by atoms with Crippen LogP contribution in [0.1, 0.15) is 10.4 Å². The molecule has 16 heavy (non-hydrogen) atoms. The van der Waals surface area contributed by atoms with Crippen LogP contribution < -0.4 is 0 Å². The highest BCUT2D eigenvalue weighted by atomic mass is 32.2. The van der Waals surface area contributed by atoms with E-state index in [9.17, 15) is 26.4 Å². The summed E-state index contributed by atoms with van der Waals surface area (Å²) in [6.45, 7) is 0. The van der Waals surface area contributed by atoms with E-state index in [1.54, 1.807) is 0 Å². The molecule has 0 saturated heterocycles. The minimum atomic E-state index is -5.63. The molecular weight excluding hydrogens is 249 g/mol. The number of carboxylic acid groups (broad SMARTS) is 1. The van der Waals surface area contributed by atoms with Crippen LogP contribution in [0, 0.1) is 0 Å². The molecule has 0 amide bonds. The van der Waals surface area contributed by atoms with Crippen LogP contribution in [0.3, 0.4) is 0 Å². The van der Waals surface area contributed by atoms with Gasteiger partial charge in [-0.3, -0.25) is 0 Å². The van der Waals surface area contributed by atoms with E-state index in [1.165, 1.54) is 0 Å². The summed E-state index contributed by atoms with van der Waals surface area (Å²) < 4.78 is 58.5. The zero-order chi connectivity index (χ0) is 12.6. The lowest BCUT2D eigenvalue weighted by Crippen LogP contribution is -2.25. The fourth-order valence-electron chi connectivity index (χ4n) is 1.00. The van der Waals surface area contributed by atoms with Gasteiger partial charge in [-0.2, -0.15) is 13.2 Å². The van der Waals surface area contributed by atoms with Crippen molar-refractivity contribution in [1.29, 1.82) is 0 Å². The first-order chi connectivity index (χ1) is 7.18. The second-order valence-electron chi connectivity index (χ2n) is 2.75. The molecule has 0 saturated carbocycles. The highest BCUT2D eigenvalue weighted by molar-refractivity contribution is 7.92. The van der Waals surface area contributed by atoms with Crippen molar-refractivity contribution in [2.75, 3.05) is 0 Å². The molecule has 0 atom stereocenters. The molecule has 1 rings (SSSR count). The van der Waals surface area contributed by atoms with Gasteiger partial charge in [0, 0.05) is 0 Å². The first kappa shape index (κ1) is 12.5. The number of halogens is 3. The highest BCUT2D eigenvalue weighted by Gasteiger charge is 2.48. The molecule has 0 bridgehead atoms. The van der Waals surface area contributed by atoms with E-state index in [-0.39, 0.29) is 0 Å². The molecule has 1 aromatic carbocycles. The Morgan fingerprint density at radius 1 is 1.19 bits per heavy atom. The Morgan fingerprint density at radius 3 is 2.12 bits per heavy atom. The summed E-state index contributed by atoms with van der Waals surface area (Å²) in [5.41, 5.74) is -6.42. The monoisotopic (exact) mass is 254 g/mol. The molecule has 0 aliphatic carbocycles. The van der Waals surface area contributed by atoms with Gasteiger partial charge in [0.05, 0.1) is 10.5 Å². The minimum Gasteiger partial charge on any atom is -0.478 e. The third-order valence-electron chi connectivity index (χ3n) is 1.71. The molecule has 1 N–H and O–H groups in total. The molecule has 0 aliphatic heterocycles. The lowest BCUT2D eigenvalue weighted by atomic mass is 10.2. The standard InChI is InChI=1S/C8H5F3O4S/c9-8(10,11)16(14,15)6-4-2-1-3-5(6)7(12)13/h1-4H,(H,12,13). The van der Waals surface area contributed by atoms with E-state index < -0.39 is 31.8 Å². The van der Waals surface area contributed by atoms with Gasteiger partial charge in [-0.05, 0) is 12.1 Å². The average molecular weight is 254 g/mol. The number of benzene rings is 1. The Kier molecular flexibility index (Phi) is 2.95. The van der Waals surface area contributed by atoms with Gasteiger partial charge in [-0.1, -0.05) is 12.1 Å². The Hall–Kier alpha value is -1.57. The SMILES string of the molecule is O=C(O)c1ccccc1S(=O)(=O)C(F)(F)F. The molecule has 0 aromatic heterocycles. The zero-order valence-electron chi connectivity index (χ0n) is 7.52. The van der Waals surface area contributed by atoms with Gasteiger partial charge in [-0.15, -0.1) is 0 Å². The van der Waals surface area contributed by atoms with Crippen molar-refractivity contribution in [3.05, 3.63) is 29.8 Å². The quantitative estimate of drug-likeness (QED) is 0.871. The lowest BCUT2D eigenvalue weighted by molar-refractivity contribution is -0.0436. The maximum absolute atomic E-state index is 12.2. The van der Waals surface area contributed by atoms with Gasteiger partial charge in [0.25, 0.3) is 9.84 Å². The van der Waals surface area contributed by atoms with E-state index in [0.717, 1.165) is 18.2 Å². The van der Waals surface area contributed by atoms with Crippen LogP contribution in [0.15, 0.2) is 29.2 Å². The molecule has 0 aliphatic rings. The fraction of sp³-hybridized carbons (Fsp3) is 0.125. The maximum Gasteiger partial charge on any atom is 0.501 e. The van der Waals surface area contributed by atoms with Crippen molar-refractivity contribution in [1.82, 2.24) is 0 Å². The van der Waals surface area contributed by atoms with Crippen molar-refractivity contribution in [2.45, 2.75) is 10.4 Å². The molecule has 0 heterocycles. The third kappa shape index (κ3) is 2.01. The van der Waals surface area contributed by atoms with Crippen LogP contribution in [-0.2, 0) is 9.84 Å². The van der Waals surface area contributed by atoms with Gasteiger partial charge >= 0.3 is 11.5 Å². The van der Waals surface area contributed by atoms with Crippen LogP contribution >= 0.6 is 0 Å². The summed E-state index contributed by atoms with van der Waals surface area (Å²) in [4.78, 5) is 9.31. The second kappa shape index (κ2) is 3.78. The van der Waals surface area contributed by atoms with Gasteiger partial charge in [0.15, 0.2) is 0 Å². The van der Waals surface area contributed by atoms with Crippen molar-refractivity contribution < 1.29 is 31.5 Å². The van der Waals surface area contributed by atoms with Crippen LogP contribution in [-0.4, -0.2) is 25.0 Å². The van der Waals surface area contributed by atoms with E-state index in [4.69, 9.17) is 5.11 Å². The molecular formula is C8H5F3O4S. The summed E-state index contributed by atoms with van der Waals surface area (Å²) in [5.74, 6) is -1.73. The molecule has 88 valence electrons. The number of hydrogen-bond donors (Lipinski definition) is 1. The normalized spacial score (nSPS) is 12.4. The summed E-state index contributed by atoms with van der Waals surface area (Å²) >= 11 is 0. The van der Waals surface area contributed by atoms with E-state index in [2.05, 4.69) is 0 Å². The first-order valence-corrected chi connectivity index (χ1v) is 5.30. The molecule has 0 fully saturated rings. The van der Waals surface area contributed by atoms with Gasteiger partial charge in [0.2, 0.25) is 0 Å². The Balaban J connectivity index is 3.52. The van der Waals surface area contributed by atoms with Crippen molar-refractivity contribution >= 4 is 15.8 Å². The largest absolute Gasteiger partial charge is 0.501 e. The number of carboxylic acids is 1. The Bertz CT molecular complexity index is 518. The van der Waals surface area contributed by atoms with Gasteiger partial charge < -0.3 is 5.11 Å². The number of alkyl halides is 3. The molecule has 0 spiro atoms. The molecule has 0 unspecified atom stereocenters. The lowest BCUT2D eigenvalue weighted by Gasteiger charge is -2.09. The Labute approximate surface area is 88.2 Å². The summed E-state index contributed by atoms with van der Waals surface area (Å²) in [5, 5.41) is 8.56. The minimum absolute atomic E-state index is 0.603. The first-order valence-electron chi connectivity index (χ1n) is 3.81. The van der Waals surface area contributed by atoms with Crippen LogP contribution in [0.2, 0.25) is 0 Å². The van der Waals surface area contributed by atoms with Crippen LogP contribution in [0.5, 0.6) is 0 Å². The summed E-state index contributed by atoms with van der Waals surface area (Å²) in [6.07, 6.45) is 0. The fourth-order valence-corrected chi connectivity index (χ4v) is 1.95. The van der Waals surface area contributed by atoms with E-state index in [1.807, 2.05) is 0 Å². The topological polar surface area (TPSA) is 71.4 Å². The maximum atomic E-state index is 12.2. The van der Waals surface area contributed by atoms with Gasteiger partial charge in [0.1, 0.15) is 0 Å². The highest BCUT2D eigenvalue weighted by Crippen LogP contribution is 2.31. The second-order valence-corrected chi connectivity index (χ2v) is 4.66. The number of hydrogen-bond acceptors (Lipinski definition) is 3. The predicted octanol–water partition coefficient (Wildman–Crippen LogP) is 1.68. The molecule has 1 aromatic rings. The number of rotatable bonds is 2. The predicted molar refractivity (Wildman–Crippen MR) is 46.6 cm³/mol. The van der Waals surface area contributed by atoms with Crippen molar-refractivity contribution in [2.24, 2.45) is 0 Å². The van der Waals surface area contributed by atoms with Crippen LogP contribution in [0.4, 0.5) is 13.2 Å². The Morgan fingerprint density at radius 2 is 1.69 bits per heavy atom. The molecule has 4 nitrogen and oxygen atoms in total. The zero-order valence-corrected chi connectivity index (χ0v) is 8.34. The molecule has 8 heteroatoms. The van der Waals surface area contributed by atoms with Crippen molar-refractivity contribution in [3.8, 4) is 0 Å².